The topological polar surface area (TPSA) is 79.8 Å². The van der Waals surface area contributed by atoms with E-state index in [1.54, 1.807) is 26.3 Å². The Bertz CT molecular complexity index is 1230. The van der Waals surface area contributed by atoms with Crippen LogP contribution in [0.2, 0.25) is 0 Å². The number of nitrogens with one attached hydrogen (secondary N) is 1. The number of nitrogens with zero attached hydrogens (tertiary/aromatic N) is 6. The molecule has 1 saturated heterocycles. The maximum Gasteiger partial charge on any atom is 0.259 e. The lowest BCUT2D eigenvalue weighted by Gasteiger charge is -2.27. The Kier molecular flexibility index (Phi) is 4.13. The normalized spacial score (nSPS) is 15.0. The predicted octanol–water partition coefficient (Wildman–Crippen LogP) is 1.75. The molecular formula is C19H21N7OS. The molecule has 0 amide bonds. The van der Waals surface area contributed by atoms with Gasteiger partial charge in [0.1, 0.15) is 10.7 Å². The smallest absolute Gasteiger partial charge is 0.259 e. The number of aromatic nitrogens is 5. The number of piperazine rings is 1. The fraction of sp³-hybridized carbons (Fsp3) is 0.368. The molecule has 0 aromatic carbocycles. The summed E-state index contributed by atoms with van der Waals surface area (Å²) in [5.41, 5.74) is 4.08. The van der Waals surface area contributed by atoms with E-state index in [0.29, 0.717) is 16.3 Å². The summed E-state index contributed by atoms with van der Waals surface area (Å²) in [6.07, 6.45) is 4.64. The summed E-state index contributed by atoms with van der Waals surface area (Å²) in [6.45, 7) is 7.83. The van der Waals surface area contributed by atoms with E-state index >= 15 is 0 Å². The molecule has 4 aromatic rings. The van der Waals surface area contributed by atoms with Crippen LogP contribution in [-0.4, -0.2) is 50.2 Å². The quantitative estimate of drug-likeness (QED) is 0.569. The highest BCUT2D eigenvalue weighted by molar-refractivity contribution is 7.20. The highest BCUT2D eigenvalue weighted by atomic mass is 32.1. The van der Waals surface area contributed by atoms with Crippen molar-refractivity contribution in [2.24, 2.45) is 0 Å². The molecule has 28 heavy (non-hydrogen) atoms. The van der Waals surface area contributed by atoms with E-state index in [1.165, 1.54) is 0 Å². The third-order valence-corrected chi connectivity index (χ3v) is 6.09. The van der Waals surface area contributed by atoms with Crippen molar-refractivity contribution in [2.75, 3.05) is 31.1 Å². The second kappa shape index (κ2) is 6.68. The number of imidazole rings is 1. The standard InChI is InChI=1S/C19H21N7OS/c1-3-13-8-15(23-26-10-12(2)21-18(13)26)14-9-16(27)25-11-17(28-19(25)22-14)24-6-4-20-5-7-24/h8-11,20H,3-7H2,1-2H3. The lowest BCUT2D eigenvalue weighted by molar-refractivity contribution is 0.591. The highest BCUT2D eigenvalue weighted by Crippen LogP contribution is 2.27. The zero-order valence-corrected chi connectivity index (χ0v) is 16.7. The lowest BCUT2D eigenvalue weighted by Crippen LogP contribution is -2.43. The van der Waals surface area contributed by atoms with Crippen LogP contribution in [0.1, 0.15) is 18.2 Å². The van der Waals surface area contributed by atoms with Crippen molar-refractivity contribution in [1.82, 2.24) is 29.3 Å². The Morgan fingerprint density at radius 1 is 1.14 bits per heavy atom. The first kappa shape index (κ1) is 17.3. The maximum absolute atomic E-state index is 12.7. The zero-order chi connectivity index (χ0) is 19.3. The Hall–Kier alpha value is -2.78. The van der Waals surface area contributed by atoms with Crippen LogP contribution in [0.15, 0.2) is 29.3 Å². The van der Waals surface area contributed by atoms with Gasteiger partial charge in [0.15, 0.2) is 10.6 Å². The first-order chi connectivity index (χ1) is 13.6. The van der Waals surface area contributed by atoms with Gasteiger partial charge in [0, 0.05) is 38.4 Å². The average molecular weight is 395 g/mol. The summed E-state index contributed by atoms with van der Waals surface area (Å²) in [5.74, 6) is 0. The number of thiazole rings is 1. The van der Waals surface area contributed by atoms with Crippen molar-refractivity contribution in [3.63, 3.8) is 0 Å². The number of aryl methyl sites for hydroxylation is 2. The molecular weight excluding hydrogens is 374 g/mol. The third kappa shape index (κ3) is 2.87. The monoisotopic (exact) mass is 395 g/mol. The molecule has 0 unspecified atom stereocenters. The van der Waals surface area contributed by atoms with Crippen LogP contribution in [0.3, 0.4) is 0 Å². The van der Waals surface area contributed by atoms with Gasteiger partial charge in [-0.3, -0.25) is 9.20 Å². The van der Waals surface area contributed by atoms with E-state index in [4.69, 9.17) is 4.98 Å². The molecule has 5 heterocycles. The fourth-order valence-electron chi connectivity index (χ4n) is 3.59. The van der Waals surface area contributed by atoms with Crippen molar-refractivity contribution in [3.05, 3.63) is 46.1 Å². The van der Waals surface area contributed by atoms with E-state index < -0.39 is 0 Å². The number of rotatable bonds is 3. The van der Waals surface area contributed by atoms with Crippen LogP contribution in [0.5, 0.6) is 0 Å². The first-order valence-electron chi connectivity index (χ1n) is 9.47. The summed E-state index contributed by atoms with van der Waals surface area (Å²) in [7, 11) is 0. The molecule has 144 valence electrons. The van der Waals surface area contributed by atoms with Crippen molar-refractivity contribution in [3.8, 4) is 11.4 Å². The zero-order valence-electron chi connectivity index (χ0n) is 15.8. The molecule has 0 saturated carbocycles. The molecule has 4 aromatic heterocycles. The SMILES string of the molecule is CCc1cc(-c2cc(=O)n3cc(N4CCNCC4)sc3n2)nn2cc(C)nc12. The van der Waals surface area contributed by atoms with E-state index in [0.717, 1.165) is 54.5 Å². The number of hydrogen-bond acceptors (Lipinski definition) is 7. The van der Waals surface area contributed by atoms with Crippen molar-refractivity contribution in [1.29, 1.82) is 0 Å². The van der Waals surface area contributed by atoms with Crippen LogP contribution in [0.25, 0.3) is 22.0 Å². The van der Waals surface area contributed by atoms with Gasteiger partial charge in [-0.25, -0.2) is 14.5 Å². The maximum atomic E-state index is 12.7. The Labute approximate surface area is 165 Å². The Balaban J connectivity index is 1.63. The summed E-state index contributed by atoms with van der Waals surface area (Å²) in [6, 6.07) is 3.56. The van der Waals surface area contributed by atoms with Crippen molar-refractivity contribution < 1.29 is 0 Å². The predicted molar refractivity (Wildman–Crippen MR) is 111 cm³/mol. The van der Waals surface area contributed by atoms with E-state index in [1.807, 2.05) is 25.4 Å². The lowest BCUT2D eigenvalue weighted by atomic mass is 10.1. The molecule has 5 rings (SSSR count). The molecule has 1 N–H and O–H groups in total. The summed E-state index contributed by atoms with van der Waals surface area (Å²) >= 11 is 1.55. The minimum Gasteiger partial charge on any atom is -0.360 e. The van der Waals surface area contributed by atoms with Gasteiger partial charge in [0.05, 0.1) is 17.6 Å². The molecule has 1 fully saturated rings. The van der Waals surface area contributed by atoms with Crippen molar-refractivity contribution >= 4 is 26.9 Å². The van der Waals surface area contributed by atoms with Gasteiger partial charge in [-0.1, -0.05) is 18.3 Å². The molecule has 8 nitrogen and oxygen atoms in total. The molecule has 0 bridgehead atoms. The van der Waals surface area contributed by atoms with Crippen LogP contribution in [-0.2, 0) is 6.42 Å². The van der Waals surface area contributed by atoms with E-state index in [9.17, 15) is 4.79 Å². The van der Waals surface area contributed by atoms with Crippen LogP contribution in [0.4, 0.5) is 5.00 Å². The second-order valence-corrected chi connectivity index (χ2v) is 7.99. The molecule has 1 aliphatic heterocycles. The second-order valence-electron chi connectivity index (χ2n) is 7.00. The van der Waals surface area contributed by atoms with Crippen LogP contribution >= 0.6 is 11.3 Å². The number of fused-ring (bicyclic) bond motifs is 2. The summed E-state index contributed by atoms with van der Waals surface area (Å²) in [5, 5.41) is 9.07. The molecule has 1 aliphatic rings. The molecule has 0 atom stereocenters. The largest absolute Gasteiger partial charge is 0.360 e. The fourth-order valence-corrected chi connectivity index (χ4v) is 4.64. The van der Waals surface area contributed by atoms with Gasteiger partial charge < -0.3 is 10.2 Å². The highest BCUT2D eigenvalue weighted by Gasteiger charge is 2.17. The Morgan fingerprint density at radius 3 is 2.75 bits per heavy atom. The number of hydrogen-bond donors (Lipinski definition) is 1. The van der Waals surface area contributed by atoms with Crippen LogP contribution < -0.4 is 15.8 Å². The molecule has 0 spiro atoms. The van der Waals surface area contributed by atoms with Gasteiger partial charge in [-0.15, -0.1) is 0 Å². The first-order valence-corrected chi connectivity index (χ1v) is 10.3. The van der Waals surface area contributed by atoms with Gasteiger partial charge >= 0.3 is 0 Å². The average Bonchev–Trinajstić information content (AvgIpc) is 3.30. The minimum atomic E-state index is -0.0839. The molecule has 9 heteroatoms. The minimum absolute atomic E-state index is 0.0839. The molecule has 0 radical (unpaired) electrons. The van der Waals surface area contributed by atoms with Gasteiger partial charge in [0.25, 0.3) is 5.56 Å². The Morgan fingerprint density at radius 2 is 1.96 bits per heavy atom. The molecule has 0 aliphatic carbocycles. The number of anilines is 1. The van der Waals surface area contributed by atoms with E-state index in [2.05, 4.69) is 27.2 Å². The van der Waals surface area contributed by atoms with Gasteiger partial charge in [-0.2, -0.15) is 5.10 Å². The van der Waals surface area contributed by atoms with Gasteiger partial charge in [-0.05, 0) is 25.0 Å². The third-order valence-electron chi connectivity index (χ3n) is 5.05. The van der Waals surface area contributed by atoms with Crippen LogP contribution in [0, 0.1) is 6.92 Å². The summed E-state index contributed by atoms with van der Waals surface area (Å²) < 4.78 is 3.42. The van der Waals surface area contributed by atoms with Gasteiger partial charge in [0.2, 0.25) is 0 Å². The summed E-state index contributed by atoms with van der Waals surface area (Å²) in [4.78, 5) is 25.0. The van der Waals surface area contributed by atoms with Crippen molar-refractivity contribution in [2.45, 2.75) is 20.3 Å². The van der Waals surface area contributed by atoms with E-state index in [-0.39, 0.29) is 5.56 Å².